The van der Waals surface area contributed by atoms with Crippen LogP contribution >= 0.6 is 0 Å². The van der Waals surface area contributed by atoms with E-state index in [4.69, 9.17) is 4.74 Å². The zero-order valence-electron chi connectivity index (χ0n) is 15.9. The highest BCUT2D eigenvalue weighted by molar-refractivity contribution is 5.93. The molecule has 0 bridgehead atoms. The van der Waals surface area contributed by atoms with E-state index in [1.54, 1.807) is 18.3 Å². The molecule has 1 aliphatic rings. The third-order valence-corrected chi connectivity index (χ3v) is 4.28. The number of hydrogen-bond acceptors (Lipinski definition) is 6. The topological polar surface area (TPSA) is 95.6 Å². The Bertz CT molecular complexity index is 821. The Labute approximate surface area is 164 Å². The minimum Gasteiger partial charge on any atom is -0.379 e. The van der Waals surface area contributed by atoms with E-state index in [0.717, 1.165) is 44.2 Å². The van der Waals surface area contributed by atoms with Gasteiger partial charge in [-0.15, -0.1) is 0 Å². The van der Waals surface area contributed by atoms with Crippen LogP contribution in [0.2, 0.25) is 0 Å². The number of hydrogen-bond donors (Lipinski definition) is 3. The number of pyridine rings is 1. The predicted molar refractivity (Wildman–Crippen MR) is 108 cm³/mol. The normalized spacial score (nSPS) is 14.3. The summed E-state index contributed by atoms with van der Waals surface area (Å²) < 4.78 is 5.32. The molecule has 8 nitrogen and oxygen atoms in total. The van der Waals surface area contributed by atoms with Crippen LogP contribution in [-0.2, 0) is 9.53 Å². The van der Waals surface area contributed by atoms with Crippen LogP contribution in [0.15, 0.2) is 42.6 Å². The lowest BCUT2D eigenvalue weighted by molar-refractivity contribution is -0.114. The van der Waals surface area contributed by atoms with Crippen molar-refractivity contribution >= 4 is 28.9 Å². The number of anilines is 3. The zero-order valence-corrected chi connectivity index (χ0v) is 15.9. The minimum atomic E-state index is -0.205. The number of morpholine rings is 1. The molecule has 1 aliphatic heterocycles. The Hall–Kier alpha value is -2.97. The highest BCUT2D eigenvalue weighted by atomic mass is 16.5. The van der Waals surface area contributed by atoms with Crippen molar-refractivity contribution in [3.8, 4) is 0 Å². The number of nitrogens with one attached hydrogen (secondary N) is 3. The first-order valence-corrected chi connectivity index (χ1v) is 9.29. The summed E-state index contributed by atoms with van der Waals surface area (Å²) in [4.78, 5) is 30.0. The van der Waals surface area contributed by atoms with Gasteiger partial charge in [-0.1, -0.05) is 6.07 Å². The molecule has 1 saturated heterocycles. The highest BCUT2D eigenvalue weighted by Gasteiger charge is 2.12. The molecule has 148 valence electrons. The molecular weight excluding hydrogens is 358 g/mol. The fraction of sp³-hybridized carbons (Fsp3) is 0.350. The number of aromatic nitrogens is 1. The molecule has 1 fully saturated rings. The van der Waals surface area contributed by atoms with Crippen LogP contribution in [0.3, 0.4) is 0 Å². The van der Waals surface area contributed by atoms with Gasteiger partial charge in [0.25, 0.3) is 5.91 Å². The van der Waals surface area contributed by atoms with Crippen molar-refractivity contribution in [2.24, 2.45) is 0 Å². The maximum atomic E-state index is 12.4. The Balaban J connectivity index is 1.55. The number of rotatable bonds is 7. The monoisotopic (exact) mass is 383 g/mol. The minimum absolute atomic E-state index is 0.128. The van der Waals surface area contributed by atoms with Crippen molar-refractivity contribution in [2.75, 3.05) is 50.0 Å². The van der Waals surface area contributed by atoms with Crippen molar-refractivity contribution in [1.82, 2.24) is 15.2 Å². The Morgan fingerprint density at radius 2 is 1.86 bits per heavy atom. The lowest BCUT2D eigenvalue weighted by atomic mass is 10.2. The quantitative estimate of drug-likeness (QED) is 0.675. The molecule has 2 amide bonds. The molecule has 0 radical (unpaired) electrons. The van der Waals surface area contributed by atoms with Gasteiger partial charge in [0.05, 0.1) is 13.2 Å². The van der Waals surface area contributed by atoms with Crippen molar-refractivity contribution < 1.29 is 14.3 Å². The second-order valence-electron chi connectivity index (χ2n) is 6.53. The summed E-state index contributed by atoms with van der Waals surface area (Å²) in [6, 6.07) is 10.9. The van der Waals surface area contributed by atoms with E-state index in [1.165, 1.54) is 6.92 Å². The van der Waals surface area contributed by atoms with E-state index >= 15 is 0 Å². The van der Waals surface area contributed by atoms with Crippen molar-refractivity contribution in [2.45, 2.75) is 6.92 Å². The molecular formula is C20H25N5O3. The molecule has 1 aromatic carbocycles. The van der Waals surface area contributed by atoms with Gasteiger partial charge in [-0.05, 0) is 30.3 Å². The Morgan fingerprint density at radius 1 is 1.11 bits per heavy atom. The molecule has 8 heteroatoms. The summed E-state index contributed by atoms with van der Waals surface area (Å²) in [5.74, 6) is -0.332. The van der Waals surface area contributed by atoms with Gasteiger partial charge < -0.3 is 20.7 Å². The summed E-state index contributed by atoms with van der Waals surface area (Å²) in [5.41, 5.74) is 2.60. The molecule has 28 heavy (non-hydrogen) atoms. The van der Waals surface area contributed by atoms with Gasteiger partial charge in [-0.25, -0.2) is 0 Å². The van der Waals surface area contributed by atoms with Crippen LogP contribution in [0.4, 0.5) is 17.1 Å². The number of carbonyl (C=O) groups is 2. The molecule has 2 heterocycles. The average molecular weight is 383 g/mol. The van der Waals surface area contributed by atoms with Gasteiger partial charge in [0.15, 0.2) is 0 Å². The van der Waals surface area contributed by atoms with Crippen LogP contribution in [0.1, 0.15) is 17.4 Å². The number of ether oxygens (including phenoxy) is 1. The molecule has 0 unspecified atom stereocenters. The van der Waals surface area contributed by atoms with Crippen LogP contribution in [0.25, 0.3) is 0 Å². The average Bonchev–Trinajstić information content (AvgIpc) is 2.69. The van der Waals surface area contributed by atoms with Crippen LogP contribution in [0, 0.1) is 0 Å². The number of benzene rings is 1. The third-order valence-electron chi connectivity index (χ3n) is 4.28. The number of nitrogens with zero attached hydrogens (tertiary/aromatic N) is 2. The summed E-state index contributed by atoms with van der Waals surface area (Å²) in [6.07, 6.45) is 1.59. The maximum Gasteiger partial charge on any atom is 0.269 e. The molecule has 1 aromatic heterocycles. The van der Waals surface area contributed by atoms with E-state index in [2.05, 4.69) is 25.8 Å². The van der Waals surface area contributed by atoms with Crippen LogP contribution < -0.4 is 16.0 Å². The van der Waals surface area contributed by atoms with Crippen molar-refractivity contribution in [1.29, 1.82) is 0 Å². The van der Waals surface area contributed by atoms with E-state index in [0.29, 0.717) is 17.9 Å². The van der Waals surface area contributed by atoms with Crippen LogP contribution in [0.5, 0.6) is 0 Å². The van der Waals surface area contributed by atoms with Crippen LogP contribution in [-0.4, -0.2) is 61.1 Å². The second kappa shape index (κ2) is 9.82. The second-order valence-corrected chi connectivity index (χ2v) is 6.53. The van der Waals surface area contributed by atoms with Gasteiger partial charge >= 0.3 is 0 Å². The highest BCUT2D eigenvalue weighted by Crippen LogP contribution is 2.20. The molecule has 2 aromatic rings. The SMILES string of the molecule is CC(=O)Nc1cccc(Nc2ccnc(C(=O)NCCN3CCOCC3)c2)c1. The Kier molecular flexibility index (Phi) is 6.94. The van der Waals surface area contributed by atoms with Crippen molar-refractivity contribution in [3.05, 3.63) is 48.3 Å². The van der Waals surface area contributed by atoms with E-state index in [1.807, 2.05) is 24.3 Å². The summed E-state index contributed by atoms with van der Waals surface area (Å²) >= 11 is 0. The summed E-state index contributed by atoms with van der Waals surface area (Å²) in [5, 5.41) is 8.88. The molecule has 0 atom stereocenters. The zero-order chi connectivity index (χ0) is 19.8. The Morgan fingerprint density at radius 3 is 2.64 bits per heavy atom. The fourth-order valence-electron chi connectivity index (χ4n) is 2.92. The van der Waals surface area contributed by atoms with E-state index < -0.39 is 0 Å². The largest absolute Gasteiger partial charge is 0.379 e. The predicted octanol–water partition coefficient (Wildman–Crippen LogP) is 1.85. The summed E-state index contributed by atoms with van der Waals surface area (Å²) in [7, 11) is 0. The van der Waals surface area contributed by atoms with Gasteiger partial charge in [0.1, 0.15) is 5.69 Å². The first-order chi connectivity index (χ1) is 13.6. The number of carbonyl (C=O) groups excluding carboxylic acids is 2. The molecule has 0 spiro atoms. The van der Waals surface area contributed by atoms with E-state index in [-0.39, 0.29) is 11.8 Å². The molecule has 3 N–H and O–H groups in total. The molecule has 0 aliphatic carbocycles. The number of amides is 2. The summed E-state index contributed by atoms with van der Waals surface area (Å²) in [6.45, 7) is 6.10. The van der Waals surface area contributed by atoms with Gasteiger partial charge in [-0.2, -0.15) is 0 Å². The lowest BCUT2D eigenvalue weighted by Crippen LogP contribution is -2.41. The smallest absolute Gasteiger partial charge is 0.269 e. The third kappa shape index (κ3) is 6.04. The molecule has 0 saturated carbocycles. The van der Waals surface area contributed by atoms with Gasteiger partial charge in [0.2, 0.25) is 5.91 Å². The standard InChI is InChI=1S/C20H25N5O3/c1-15(26)23-16-3-2-4-17(13-16)24-18-5-6-21-19(14-18)20(27)22-7-8-25-9-11-28-12-10-25/h2-6,13-14H,7-12H2,1H3,(H,21,24)(H,22,27)(H,23,26). The van der Waals surface area contributed by atoms with Gasteiger partial charge in [-0.3, -0.25) is 19.5 Å². The molecule has 3 rings (SSSR count). The van der Waals surface area contributed by atoms with Gasteiger partial charge in [0, 0.05) is 56.4 Å². The van der Waals surface area contributed by atoms with E-state index in [9.17, 15) is 9.59 Å². The first-order valence-electron chi connectivity index (χ1n) is 9.29. The maximum absolute atomic E-state index is 12.4. The first kappa shape index (κ1) is 19.8. The lowest BCUT2D eigenvalue weighted by Gasteiger charge is -2.26. The van der Waals surface area contributed by atoms with Crippen molar-refractivity contribution in [3.63, 3.8) is 0 Å². The fourth-order valence-corrected chi connectivity index (χ4v) is 2.92.